The molecule has 0 spiro atoms. The van der Waals surface area contributed by atoms with Crippen LogP contribution in [-0.4, -0.2) is 34.8 Å². The highest BCUT2D eigenvalue weighted by Gasteiger charge is 2.36. The Morgan fingerprint density at radius 1 is 0.872 bits per heavy atom. The summed E-state index contributed by atoms with van der Waals surface area (Å²) < 4.78 is 83.6. The summed E-state index contributed by atoms with van der Waals surface area (Å²) in [6.45, 7) is 1.48. The van der Waals surface area contributed by atoms with E-state index in [2.05, 4.69) is 10.3 Å². The average molecular weight is 554 g/mol. The SMILES string of the molecule is O=C(CCc1cc(C(F)(F)F)cc(C(F)(F)F)c1)NCc1ccc(-c2nc(C(=O)N3CCCCC3)co2)cc1. The number of halogens is 6. The largest absolute Gasteiger partial charge is 0.444 e. The molecular formula is C27H25F6N3O3. The number of amides is 2. The molecule has 12 heteroatoms. The Labute approximate surface area is 220 Å². The van der Waals surface area contributed by atoms with E-state index in [0.29, 0.717) is 36.3 Å². The Hall–Kier alpha value is -3.83. The van der Waals surface area contributed by atoms with Crippen LogP contribution in [0.2, 0.25) is 0 Å². The third-order valence-electron chi connectivity index (χ3n) is 6.35. The van der Waals surface area contributed by atoms with Gasteiger partial charge in [-0.3, -0.25) is 9.59 Å². The van der Waals surface area contributed by atoms with E-state index in [0.717, 1.165) is 19.3 Å². The molecule has 1 aromatic heterocycles. The second-order valence-electron chi connectivity index (χ2n) is 9.28. The Bertz CT molecular complexity index is 1280. The monoisotopic (exact) mass is 553 g/mol. The van der Waals surface area contributed by atoms with E-state index in [9.17, 15) is 35.9 Å². The highest BCUT2D eigenvalue weighted by atomic mass is 19.4. The number of oxazole rings is 1. The van der Waals surface area contributed by atoms with Gasteiger partial charge >= 0.3 is 12.4 Å². The van der Waals surface area contributed by atoms with Crippen molar-refractivity contribution in [1.82, 2.24) is 15.2 Å². The molecule has 0 bridgehead atoms. The van der Waals surface area contributed by atoms with E-state index in [1.165, 1.54) is 6.26 Å². The standard InChI is InChI=1S/C27H25F6N3O3/c28-26(29,30)20-12-18(13-21(14-20)27(31,32)33)6-9-23(37)34-15-17-4-7-19(8-5-17)24-35-22(16-39-24)25(38)36-10-2-1-3-11-36/h4-5,7-8,12-14,16H,1-3,6,9-11,15H2,(H,34,37). The first-order valence-electron chi connectivity index (χ1n) is 12.3. The highest BCUT2D eigenvalue weighted by Crippen LogP contribution is 2.36. The van der Waals surface area contributed by atoms with Crippen LogP contribution in [0.4, 0.5) is 26.3 Å². The molecule has 1 fully saturated rings. The van der Waals surface area contributed by atoms with Crippen molar-refractivity contribution in [1.29, 1.82) is 0 Å². The lowest BCUT2D eigenvalue weighted by molar-refractivity contribution is -0.143. The lowest BCUT2D eigenvalue weighted by Crippen LogP contribution is -2.35. The Kier molecular flexibility index (Phi) is 8.31. The van der Waals surface area contributed by atoms with Gasteiger partial charge in [0.15, 0.2) is 5.69 Å². The maximum Gasteiger partial charge on any atom is 0.416 e. The minimum atomic E-state index is -4.94. The van der Waals surface area contributed by atoms with Gasteiger partial charge in [-0.05, 0) is 67.1 Å². The second kappa shape index (κ2) is 11.5. The van der Waals surface area contributed by atoms with Crippen molar-refractivity contribution in [3.05, 3.63) is 76.7 Å². The van der Waals surface area contributed by atoms with E-state index in [1.807, 2.05) is 0 Å². The Morgan fingerprint density at radius 2 is 1.49 bits per heavy atom. The number of rotatable bonds is 7. The fourth-order valence-electron chi connectivity index (χ4n) is 4.24. The van der Waals surface area contributed by atoms with Crippen molar-refractivity contribution in [3.63, 3.8) is 0 Å². The predicted molar refractivity (Wildman–Crippen MR) is 128 cm³/mol. The van der Waals surface area contributed by atoms with Gasteiger partial charge in [0.05, 0.1) is 11.1 Å². The maximum atomic E-state index is 13.0. The van der Waals surface area contributed by atoms with Gasteiger partial charge < -0.3 is 14.6 Å². The molecule has 39 heavy (non-hydrogen) atoms. The summed E-state index contributed by atoms with van der Waals surface area (Å²) in [5.74, 6) is -0.437. The molecule has 2 aromatic carbocycles. The van der Waals surface area contributed by atoms with Gasteiger partial charge in [-0.1, -0.05) is 12.1 Å². The quantitative estimate of drug-likeness (QED) is 0.351. The summed E-state index contributed by atoms with van der Waals surface area (Å²) in [4.78, 5) is 30.8. The number of alkyl halides is 6. The van der Waals surface area contributed by atoms with Crippen LogP contribution in [-0.2, 0) is 30.1 Å². The topological polar surface area (TPSA) is 75.4 Å². The van der Waals surface area contributed by atoms with Gasteiger partial charge in [-0.2, -0.15) is 26.3 Å². The second-order valence-corrected chi connectivity index (χ2v) is 9.28. The van der Waals surface area contributed by atoms with Crippen LogP contribution in [0.1, 0.15) is 58.4 Å². The fourth-order valence-corrected chi connectivity index (χ4v) is 4.24. The molecule has 1 N–H and O–H groups in total. The summed E-state index contributed by atoms with van der Waals surface area (Å²) in [6.07, 6.45) is -6.14. The van der Waals surface area contributed by atoms with Gasteiger partial charge in [0.1, 0.15) is 6.26 Å². The molecule has 1 saturated heterocycles. The summed E-state index contributed by atoms with van der Waals surface area (Å²) in [6, 6.07) is 8.10. The molecular weight excluding hydrogens is 528 g/mol. The number of hydrogen-bond donors (Lipinski definition) is 1. The number of nitrogens with zero attached hydrogens (tertiary/aromatic N) is 2. The van der Waals surface area contributed by atoms with Crippen LogP contribution in [0.3, 0.4) is 0 Å². The van der Waals surface area contributed by atoms with Gasteiger partial charge in [-0.15, -0.1) is 0 Å². The fraction of sp³-hybridized carbons (Fsp3) is 0.370. The van der Waals surface area contributed by atoms with Crippen LogP contribution in [0.25, 0.3) is 11.5 Å². The molecule has 1 aliphatic rings. The number of likely N-dealkylation sites (tertiary alicyclic amines) is 1. The highest BCUT2D eigenvalue weighted by molar-refractivity contribution is 5.92. The van der Waals surface area contributed by atoms with Crippen LogP contribution >= 0.6 is 0 Å². The van der Waals surface area contributed by atoms with Gasteiger partial charge in [0.2, 0.25) is 11.8 Å². The zero-order chi connectivity index (χ0) is 28.2. The van der Waals surface area contributed by atoms with Crippen molar-refractivity contribution in [2.24, 2.45) is 0 Å². The number of aryl methyl sites for hydroxylation is 1. The van der Waals surface area contributed by atoms with E-state index >= 15 is 0 Å². The Balaban J connectivity index is 1.31. The van der Waals surface area contributed by atoms with Gasteiger partial charge in [-0.25, -0.2) is 4.98 Å². The van der Waals surface area contributed by atoms with Crippen LogP contribution < -0.4 is 5.32 Å². The van der Waals surface area contributed by atoms with Gasteiger partial charge in [0.25, 0.3) is 5.91 Å². The van der Waals surface area contributed by atoms with E-state index in [1.54, 1.807) is 29.2 Å². The smallest absolute Gasteiger partial charge is 0.416 e. The third-order valence-corrected chi connectivity index (χ3v) is 6.35. The number of benzene rings is 2. The van der Waals surface area contributed by atoms with Crippen molar-refractivity contribution >= 4 is 11.8 Å². The first-order chi connectivity index (χ1) is 18.4. The van der Waals surface area contributed by atoms with Crippen LogP contribution in [0, 0.1) is 0 Å². The molecule has 0 radical (unpaired) electrons. The van der Waals surface area contributed by atoms with Crippen molar-refractivity contribution in [2.45, 2.75) is 51.0 Å². The number of nitrogens with one attached hydrogen (secondary N) is 1. The van der Waals surface area contributed by atoms with Crippen molar-refractivity contribution in [3.8, 4) is 11.5 Å². The molecule has 2 heterocycles. The molecule has 0 unspecified atom stereocenters. The number of carbonyl (C=O) groups excluding carboxylic acids is 2. The Morgan fingerprint density at radius 3 is 2.08 bits per heavy atom. The zero-order valence-electron chi connectivity index (χ0n) is 20.7. The zero-order valence-corrected chi connectivity index (χ0v) is 20.7. The normalized spacial score (nSPS) is 14.4. The molecule has 0 aliphatic carbocycles. The summed E-state index contributed by atoms with van der Waals surface area (Å²) >= 11 is 0. The predicted octanol–water partition coefficient (Wildman–Crippen LogP) is 6.25. The van der Waals surface area contributed by atoms with E-state index in [-0.39, 0.29) is 48.5 Å². The summed E-state index contributed by atoms with van der Waals surface area (Å²) in [5.41, 5.74) is -1.52. The number of carbonyl (C=O) groups is 2. The molecule has 208 valence electrons. The van der Waals surface area contributed by atoms with E-state index < -0.39 is 29.4 Å². The minimum Gasteiger partial charge on any atom is -0.444 e. The molecule has 0 atom stereocenters. The first kappa shape index (κ1) is 28.2. The minimum absolute atomic E-state index is 0.0544. The first-order valence-corrected chi connectivity index (χ1v) is 12.3. The number of hydrogen-bond acceptors (Lipinski definition) is 4. The number of piperidine rings is 1. The molecule has 3 aromatic rings. The maximum absolute atomic E-state index is 13.0. The third kappa shape index (κ3) is 7.39. The summed E-state index contributed by atoms with van der Waals surface area (Å²) in [7, 11) is 0. The molecule has 1 aliphatic heterocycles. The molecule has 6 nitrogen and oxygen atoms in total. The van der Waals surface area contributed by atoms with Crippen molar-refractivity contribution < 1.29 is 40.3 Å². The molecule has 4 rings (SSSR count). The van der Waals surface area contributed by atoms with Crippen LogP contribution in [0.5, 0.6) is 0 Å². The number of aromatic nitrogens is 1. The lowest BCUT2D eigenvalue weighted by Gasteiger charge is -2.25. The van der Waals surface area contributed by atoms with E-state index in [4.69, 9.17) is 4.42 Å². The lowest BCUT2D eigenvalue weighted by atomic mass is 10.0. The molecule has 2 amide bonds. The van der Waals surface area contributed by atoms with Crippen molar-refractivity contribution in [2.75, 3.05) is 13.1 Å². The molecule has 0 saturated carbocycles. The summed E-state index contributed by atoms with van der Waals surface area (Å²) in [5, 5.41) is 2.60. The van der Waals surface area contributed by atoms with Gasteiger partial charge in [0, 0.05) is 31.6 Å². The average Bonchev–Trinajstić information content (AvgIpc) is 3.40. The van der Waals surface area contributed by atoms with Crippen LogP contribution in [0.15, 0.2) is 53.1 Å².